The van der Waals surface area contributed by atoms with Crippen molar-refractivity contribution in [3.8, 4) is 0 Å². The van der Waals surface area contributed by atoms with Gasteiger partial charge in [-0.2, -0.15) is 0 Å². The lowest BCUT2D eigenvalue weighted by Gasteiger charge is -1.89. The zero-order valence-electron chi connectivity index (χ0n) is 5.11. The Labute approximate surface area is 49.1 Å². The minimum atomic E-state index is -0.400. The summed E-state index contributed by atoms with van der Waals surface area (Å²) in [7, 11) is 0. The van der Waals surface area contributed by atoms with Crippen molar-refractivity contribution in [2.24, 2.45) is 5.73 Å². The maximum Gasteiger partial charge on any atom is 0.244 e. The van der Waals surface area contributed by atoms with Crippen LogP contribution >= 0.6 is 0 Å². The first-order chi connectivity index (χ1) is 3.18. The van der Waals surface area contributed by atoms with Gasteiger partial charge in [-0.3, -0.25) is 4.79 Å². The van der Waals surface area contributed by atoms with Crippen LogP contribution in [0.25, 0.3) is 0 Å². The highest BCUT2D eigenvalue weighted by atomic mass is 16.1. The molecule has 5 N–H and O–H groups in total. The van der Waals surface area contributed by atoms with Crippen LogP contribution in [0.5, 0.6) is 0 Å². The first-order valence-corrected chi connectivity index (χ1v) is 2.16. The number of carbonyl (C=O) groups is 1. The Balaban J connectivity index is 0. The molecule has 0 aliphatic heterocycles. The lowest BCUT2D eigenvalue weighted by atomic mass is 10.2. The van der Waals surface area contributed by atoms with Crippen LogP contribution in [0.2, 0.25) is 0 Å². The van der Waals surface area contributed by atoms with Gasteiger partial charge in [0.05, 0.1) is 0 Å². The molecule has 0 spiro atoms. The molecule has 48 valence electrons. The summed E-state index contributed by atoms with van der Waals surface area (Å²) in [6.45, 7) is 5.24. The van der Waals surface area contributed by atoms with E-state index in [0.717, 1.165) is 0 Å². The summed E-state index contributed by atoms with van der Waals surface area (Å²) in [4.78, 5) is 10.1. The average molecular weight is 116 g/mol. The number of carbonyl (C=O) groups excluding carboxylic acids is 1. The molecule has 0 rings (SSSR count). The number of hydrogen-bond donors (Lipinski definition) is 2. The maximum atomic E-state index is 10.1. The van der Waals surface area contributed by atoms with E-state index >= 15 is 0 Å². The summed E-state index contributed by atoms with van der Waals surface area (Å²) >= 11 is 0. The van der Waals surface area contributed by atoms with Crippen LogP contribution in [0.1, 0.15) is 13.3 Å². The minimum Gasteiger partial charge on any atom is -0.366 e. The van der Waals surface area contributed by atoms with E-state index in [1.807, 2.05) is 6.92 Å². The first kappa shape index (κ1) is 10.2. The van der Waals surface area contributed by atoms with E-state index in [9.17, 15) is 4.79 Å². The number of rotatable bonds is 2. The van der Waals surface area contributed by atoms with Crippen LogP contribution in [0.3, 0.4) is 0 Å². The van der Waals surface area contributed by atoms with Gasteiger partial charge >= 0.3 is 0 Å². The maximum absolute atomic E-state index is 10.1. The van der Waals surface area contributed by atoms with Crippen LogP contribution in [0, 0.1) is 0 Å². The second kappa shape index (κ2) is 4.33. The molecule has 0 bridgehead atoms. The summed E-state index contributed by atoms with van der Waals surface area (Å²) < 4.78 is 0. The van der Waals surface area contributed by atoms with Crippen molar-refractivity contribution < 1.29 is 4.79 Å². The number of nitrogens with two attached hydrogens (primary N) is 1. The predicted octanol–water partition coefficient (Wildman–Crippen LogP) is 0.600. The highest BCUT2D eigenvalue weighted by Crippen LogP contribution is 1.91. The largest absolute Gasteiger partial charge is 0.366 e. The Morgan fingerprint density at radius 3 is 2.12 bits per heavy atom. The molecular formula is C5H12N2O. The second-order valence-corrected chi connectivity index (χ2v) is 1.32. The molecule has 0 fully saturated rings. The van der Waals surface area contributed by atoms with Gasteiger partial charge in [-0.15, -0.1) is 0 Å². The molecule has 0 radical (unpaired) electrons. The molecule has 0 saturated heterocycles. The van der Waals surface area contributed by atoms with Crippen molar-refractivity contribution in [1.29, 1.82) is 0 Å². The van der Waals surface area contributed by atoms with Crippen LogP contribution in [0.4, 0.5) is 0 Å². The highest BCUT2D eigenvalue weighted by Gasteiger charge is 1.93. The van der Waals surface area contributed by atoms with Gasteiger partial charge in [-0.25, -0.2) is 0 Å². The smallest absolute Gasteiger partial charge is 0.244 e. The Morgan fingerprint density at radius 2 is 2.12 bits per heavy atom. The number of amides is 1. The highest BCUT2D eigenvalue weighted by molar-refractivity contribution is 5.91. The van der Waals surface area contributed by atoms with E-state index in [-0.39, 0.29) is 6.15 Å². The quantitative estimate of drug-likeness (QED) is 0.518. The van der Waals surface area contributed by atoms with Gasteiger partial charge in [-0.1, -0.05) is 13.5 Å². The van der Waals surface area contributed by atoms with Crippen LogP contribution in [0.15, 0.2) is 12.2 Å². The standard InChI is InChI=1S/C5H9NO.H3N/c1-3-4(2)5(6)7;/h2-3H2,1H3,(H2,6,7);1H3. The lowest BCUT2D eigenvalue weighted by molar-refractivity contribution is -0.114. The van der Waals surface area contributed by atoms with Gasteiger partial charge in [0, 0.05) is 5.57 Å². The normalized spacial score (nSPS) is 7.12. The van der Waals surface area contributed by atoms with E-state index in [0.29, 0.717) is 12.0 Å². The van der Waals surface area contributed by atoms with Crippen molar-refractivity contribution in [3.63, 3.8) is 0 Å². The molecule has 0 aliphatic carbocycles. The van der Waals surface area contributed by atoms with Crippen molar-refractivity contribution in [1.82, 2.24) is 6.15 Å². The van der Waals surface area contributed by atoms with Gasteiger partial charge < -0.3 is 11.9 Å². The SMILES string of the molecule is C=C(CC)C(N)=O.N. The van der Waals surface area contributed by atoms with Crippen molar-refractivity contribution in [2.45, 2.75) is 13.3 Å². The van der Waals surface area contributed by atoms with Gasteiger partial charge in [-0.05, 0) is 6.42 Å². The molecule has 1 amide bonds. The number of hydrogen-bond acceptors (Lipinski definition) is 2. The molecule has 0 aliphatic rings. The van der Waals surface area contributed by atoms with Crippen LogP contribution in [-0.4, -0.2) is 5.91 Å². The van der Waals surface area contributed by atoms with E-state index in [1.54, 1.807) is 0 Å². The minimum absolute atomic E-state index is 0. The zero-order chi connectivity index (χ0) is 5.86. The zero-order valence-corrected chi connectivity index (χ0v) is 5.11. The molecular weight excluding hydrogens is 104 g/mol. The Morgan fingerprint density at radius 1 is 1.75 bits per heavy atom. The van der Waals surface area contributed by atoms with Crippen molar-refractivity contribution in [2.75, 3.05) is 0 Å². The monoisotopic (exact) mass is 116 g/mol. The van der Waals surface area contributed by atoms with Gasteiger partial charge in [0.1, 0.15) is 0 Å². The van der Waals surface area contributed by atoms with Gasteiger partial charge in [0.25, 0.3) is 0 Å². The molecule has 0 aromatic carbocycles. The topological polar surface area (TPSA) is 78.1 Å². The van der Waals surface area contributed by atoms with E-state index < -0.39 is 5.91 Å². The van der Waals surface area contributed by atoms with Crippen LogP contribution in [-0.2, 0) is 4.79 Å². The van der Waals surface area contributed by atoms with Gasteiger partial charge in [0.15, 0.2) is 0 Å². The summed E-state index contributed by atoms with van der Waals surface area (Å²) in [5.74, 6) is -0.400. The van der Waals surface area contributed by atoms with E-state index in [1.165, 1.54) is 0 Å². The summed E-state index contributed by atoms with van der Waals surface area (Å²) in [6, 6.07) is 0. The molecule has 0 saturated carbocycles. The van der Waals surface area contributed by atoms with E-state index in [4.69, 9.17) is 5.73 Å². The Bertz CT molecular complexity index is 98.6. The third-order valence-corrected chi connectivity index (χ3v) is 0.775. The molecule has 0 heterocycles. The molecule has 3 nitrogen and oxygen atoms in total. The second-order valence-electron chi connectivity index (χ2n) is 1.32. The summed E-state index contributed by atoms with van der Waals surface area (Å²) in [6.07, 6.45) is 0.648. The Hall–Kier alpha value is -0.830. The fourth-order valence-electron chi connectivity index (χ4n) is 0.174. The molecule has 3 heteroatoms. The van der Waals surface area contributed by atoms with Crippen molar-refractivity contribution in [3.05, 3.63) is 12.2 Å². The van der Waals surface area contributed by atoms with Crippen molar-refractivity contribution >= 4 is 5.91 Å². The fraction of sp³-hybridized carbons (Fsp3) is 0.400. The molecule has 0 unspecified atom stereocenters. The third kappa shape index (κ3) is 3.36. The number of primary amides is 1. The average Bonchev–Trinajstić information content (AvgIpc) is 1.65. The molecule has 0 aromatic rings. The molecule has 0 aromatic heterocycles. The van der Waals surface area contributed by atoms with Crippen LogP contribution < -0.4 is 11.9 Å². The summed E-state index contributed by atoms with van der Waals surface area (Å²) in [5.41, 5.74) is 5.29. The third-order valence-electron chi connectivity index (χ3n) is 0.775. The summed E-state index contributed by atoms with van der Waals surface area (Å²) in [5, 5.41) is 0. The fourth-order valence-corrected chi connectivity index (χ4v) is 0.174. The van der Waals surface area contributed by atoms with Gasteiger partial charge in [0.2, 0.25) is 5.91 Å². The first-order valence-electron chi connectivity index (χ1n) is 2.16. The lowest BCUT2D eigenvalue weighted by Crippen LogP contribution is -2.11. The predicted molar refractivity (Wildman–Crippen MR) is 33.6 cm³/mol. The van der Waals surface area contributed by atoms with E-state index in [2.05, 4.69) is 6.58 Å². The molecule has 0 atom stereocenters. The molecule has 8 heavy (non-hydrogen) atoms. The Kier molecular flexibility index (Phi) is 5.53.